The summed E-state index contributed by atoms with van der Waals surface area (Å²) >= 11 is 0. The summed E-state index contributed by atoms with van der Waals surface area (Å²) in [6, 6.07) is 21.4. The largest absolute Gasteiger partial charge is 0.476 e. The summed E-state index contributed by atoms with van der Waals surface area (Å²) in [5.41, 5.74) is 12.3. The molecule has 0 saturated carbocycles. The number of hydrogen-bond acceptors (Lipinski definition) is 4. The van der Waals surface area contributed by atoms with Gasteiger partial charge in [-0.25, -0.2) is 0 Å². The molecule has 1 heterocycles. The standard InChI is InChI=1S/C30H34N4O2.C3H8/c1-20-18-23(14-16-27(20)34-17-6-5-12-28(34)32)33-30(35)29(22-8-3-2-4-9-22)36-24-15-13-21-10-7-11-26(31)25(21)19-24;1-3-2/h2-4,8-9,13-16,18-19,26,29,32H,5-7,10-12,17,31H2,1H3,(H,33,35);3H2,1-2H3. The predicted octanol–water partition coefficient (Wildman–Crippen LogP) is 7.47. The number of rotatable bonds is 6. The Balaban J connectivity index is 0.00000112. The summed E-state index contributed by atoms with van der Waals surface area (Å²) < 4.78 is 6.31. The SMILES string of the molecule is CCC.Cc1cc(NC(=O)C(Oc2ccc3c(c2)C(N)CCC3)c2ccccc2)ccc1N1CCCCC1=N. The number of amides is 1. The number of aryl methyl sites for hydroxylation is 2. The van der Waals surface area contributed by atoms with Crippen LogP contribution < -0.4 is 20.7 Å². The number of nitrogens with two attached hydrogens (primary N) is 1. The molecular weight excluding hydrogens is 484 g/mol. The lowest BCUT2D eigenvalue weighted by molar-refractivity contribution is -0.123. The third-order valence-corrected chi connectivity index (χ3v) is 7.20. The quantitative estimate of drug-likeness (QED) is 0.311. The van der Waals surface area contributed by atoms with Crippen LogP contribution in [0.3, 0.4) is 0 Å². The molecule has 3 aromatic rings. The number of hydrogen-bond donors (Lipinski definition) is 3. The number of benzene rings is 3. The van der Waals surface area contributed by atoms with E-state index in [0.717, 1.165) is 67.4 Å². The summed E-state index contributed by atoms with van der Waals surface area (Å²) in [4.78, 5) is 15.6. The van der Waals surface area contributed by atoms with E-state index in [-0.39, 0.29) is 11.9 Å². The van der Waals surface area contributed by atoms with E-state index in [1.165, 1.54) is 12.0 Å². The molecule has 6 nitrogen and oxygen atoms in total. The molecule has 2 aliphatic rings. The van der Waals surface area contributed by atoms with Gasteiger partial charge in [-0.05, 0) is 86.1 Å². The van der Waals surface area contributed by atoms with E-state index in [1.807, 2.05) is 67.6 Å². The van der Waals surface area contributed by atoms with Crippen LogP contribution in [0.2, 0.25) is 0 Å². The lowest BCUT2D eigenvalue weighted by Crippen LogP contribution is -2.35. The highest BCUT2D eigenvalue weighted by Gasteiger charge is 2.25. The number of carbonyl (C=O) groups is 1. The molecule has 1 fully saturated rings. The summed E-state index contributed by atoms with van der Waals surface area (Å²) in [5.74, 6) is 1.06. The van der Waals surface area contributed by atoms with Gasteiger partial charge in [0.15, 0.2) is 0 Å². The highest BCUT2D eigenvalue weighted by Crippen LogP contribution is 2.33. The second kappa shape index (κ2) is 13.4. The maximum absolute atomic E-state index is 13.5. The van der Waals surface area contributed by atoms with Crippen LogP contribution in [0, 0.1) is 12.3 Å². The first-order chi connectivity index (χ1) is 18.9. The number of ether oxygens (including phenoxy) is 1. The van der Waals surface area contributed by atoms with Crippen molar-refractivity contribution in [3.8, 4) is 5.75 Å². The molecule has 1 aliphatic heterocycles. The van der Waals surface area contributed by atoms with Gasteiger partial charge in [-0.3, -0.25) is 10.2 Å². The Kier molecular flexibility index (Phi) is 9.77. The Morgan fingerprint density at radius 1 is 1.05 bits per heavy atom. The van der Waals surface area contributed by atoms with E-state index < -0.39 is 6.10 Å². The van der Waals surface area contributed by atoms with Gasteiger partial charge in [0, 0.05) is 35.9 Å². The zero-order chi connectivity index (χ0) is 27.8. The minimum absolute atomic E-state index is 0.00387. The molecule has 206 valence electrons. The average Bonchev–Trinajstić information content (AvgIpc) is 2.94. The van der Waals surface area contributed by atoms with Gasteiger partial charge in [0.05, 0.1) is 0 Å². The summed E-state index contributed by atoms with van der Waals surface area (Å²) in [5, 5.41) is 11.4. The van der Waals surface area contributed by atoms with Gasteiger partial charge in [-0.2, -0.15) is 0 Å². The third kappa shape index (κ3) is 7.07. The van der Waals surface area contributed by atoms with Gasteiger partial charge in [0.25, 0.3) is 5.91 Å². The molecule has 1 amide bonds. The third-order valence-electron chi connectivity index (χ3n) is 7.20. The van der Waals surface area contributed by atoms with Crippen LogP contribution in [0.15, 0.2) is 66.7 Å². The summed E-state index contributed by atoms with van der Waals surface area (Å²) in [7, 11) is 0. The van der Waals surface area contributed by atoms with Crippen LogP contribution in [-0.2, 0) is 11.2 Å². The second-order valence-corrected chi connectivity index (χ2v) is 10.5. The van der Waals surface area contributed by atoms with Gasteiger partial charge in [0.1, 0.15) is 11.6 Å². The van der Waals surface area contributed by atoms with Crippen molar-refractivity contribution in [2.75, 3.05) is 16.8 Å². The molecule has 0 spiro atoms. The van der Waals surface area contributed by atoms with Crippen LogP contribution in [0.4, 0.5) is 11.4 Å². The molecule has 4 N–H and O–H groups in total. The zero-order valence-corrected chi connectivity index (χ0v) is 23.5. The average molecular weight is 527 g/mol. The van der Waals surface area contributed by atoms with E-state index in [2.05, 4.69) is 30.1 Å². The van der Waals surface area contributed by atoms with E-state index in [4.69, 9.17) is 15.9 Å². The number of nitrogens with zero attached hydrogens (tertiary/aromatic N) is 1. The van der Waals surface area contributed by atoms with Crippen molar-refractivity contribution in [2.24, 2.45) is 5.73 Å². The minimum Gasteiger partial charge on any atom is -0.476 e. The van der Waals surface area contributed by atoms with Crippen LogP contribution in [0.1, 0.15) is 86.8 Å². The van der Waals surface area contributed by atoms with Crippen molar-refractivity contribution in [1.29, 1.82) is 5.41 Å². The highest BCUT2D eigenvalue weighted by atomic mass is 16.5. The summed E-state index contributed by atoms with van der Waals surface area (Å²) in [6.45, 7) is 7.13. The molecule has 1 saturated heterocycles. The fourth-order valence-corrected chi connectivity index (χ4v) is 5.27. The van der Waals surface area contributed by atoms with E-state index in [1.54, 1.807) is 0 Å². The second-order valence-electron chi connectivity index (χ2n) is 10.5. The number of carbonyl (C=O) groups excluding carboxylic acids is 1. The van der Waals surface area contributed by atoms with Crippen LogP contribution in [0.25, 0.3) is 0 Å². The van der Waals surface area contributed by atoms with E-state index in [0.29, 0.717) is 17.3 Å². The topological polar surface area (TPSA) is 91.4 Å². The van der Waals surface area contributed by atoms with E-state index in [9.17, 15) is 4.79 Å². The molecular formula is C33H42N4O2. The Hall–Kier alpha value is -3.64. The minimum atomic E-state index is -0.806. The maximum Gasteiger partial charge on any atom is 0.270 e. The highest BCUT2D eigenvalue weighted by molar-refractivity contribution is 5.98. The van der Waals surface area contributed by atoms with Crippen LogP contribution in [-0.4, -0.2) is 18.3 Å². The van der Waals surface area contributed by atoms with E-state index >= 15 is 0 Å². The summed E-state index contributed by atoms with van der Waals surface area (Å²) in [6.07, 6.45) is 6.49. The Labute approximate surface area is 233 Å². The molecule has 39 heavy (non-hydrogen) atoms. The molecule has 2 unspecified atom stereocenters. The molecule has 0 bridgehead atoms. The fourth-order valence-electron chi connectivity index (χ4n) is 5.27. The van der Waals surface area contributed by atoms with Gasteiger partial charge in [-0.15, -0.1) is 0 Å². The molecule has 1 aliphatic carbocycles. The number of nitrogens with one attached hydrogen (secondary N) is 2. The first-order valence-corrected chi connectivity index (χ1v) is 14.3. The Bertz CT molecular complexity index is 1270. The van der Waals surface area contributed by atoms with Crippen LogP contribution in [0.5, 0.6) is 5.75 Å². The van der Waals surface area contributed by atoms with Crippen molar-refractivity contribution in [3.05, 3.63) is 89.0 Å². The number of piperidine rings is 1. The molecule has 0 radical (unpaired) electrons. The van der Waals surface area contributed by atoms with Gasteiger partial charge in [0.2, 0.25) is 6.10 Å². The van der Waals surface area contributed by atoms with Gasteiger partial charge >= 0.3 is 0 Å². The molecule has 3 aromatic carbocycles. The van der Waals surface area contributed by atoms with Crippen molar-refractivity contribution in [3.63, 3.8) is 0 Å². The zero-order valence-electron chi connectivity index (χ0n) is 23.5. The maximum atomic E-state index is 13.5. The Morgan fingerprint density at radius 3 is 2.54 bits per heavy atom. The first-order valence-electron chi connectivity index (χ1n) is 14.3. The number of amidine groups is 1. The lowest BCUT2D eigenvalue weighted by Gasteiger charge is -2.30. The van der Waals surface area contributed by atoms with Gasteiger partial charge < -0.3 is 20.7 Å². The van der Waals surface area contributed by atoms with Crippen LogP contribution >= 0.6 is 0 Å². The monoisotopic (exact) mass is 526 g/mol. The Morgan fingerprint density at radius 2 is 1.82 bits per heavy atom. The van der Waals surface area contributed by atoms with Crippen molar-refractivity contribution >= 4 is 23.1 Å². The molecule has 6 heteroatoms. The predicted molar refractivity (Wildman–Crippen MR) is 161 cm³/mol. The smallest absolute Gasteiger partial charge is 0.270 e. The number of fused-ring (bicyclic) bond motifs is 1. The fraction of sp³-hybridized carbons (Fsp3) is 0.394. The van der Waals surface area contributed by atoms with Crippen molar-refractivity contribution in [1.82, 2.24) is 0 Å². The van der Waals surface area contributed by atoms with Crippen molar-refractivity contribution < 1.29 is 9.53 Å². The number of anilines is 2. The first kappa shape index (κ1) is 28.4. The van der Waals surface area contributed by atoms with Crippen molar-refractivity contribution in [2.45, 2.75) is 77.9 Å². The van der Waals surface area contributed by atoms with Gasteiger partial charge in [-0.1, -0.05) is 56.7 Å². The molecule has 0 aromatic heterocycles. The normalized spacial score (nSPS) is 17.4. The molecule has 5 rings (SSSR count). The molecule has 2 atom stereocenters. The lowest BCUT2D eigenvalue weighted by atomic mass is 9.88.